The van der Waals surface area contributed by atoms with Crippen molar-refractivity contribution in [2.45, 2.75) is 20.0 Å². The van der Waals surface area contributed by atoms with Gasteiger partial charge in [-0.15, -0.1) is 11.3 Å². The fourth-order valence-electron chi connectivity index (χ4n) is 2.79. The number of carboxylic acid groups (broad SMARTS) is 1. The molecule has 1 atom stereocenters. The molecule has 0 fully saturated rings. The Morgan fingerprint density at radius 3 is 2.73 bits per heavy atom. The van der Waals surface area contributed by atoms with Gasteiger partial charge in [0.25, 0.3) is 0 Å². The van der Waals surface area contributed by atoms with Crippen molar-refractivity contribution in [3.05, 3.63) is 52.1 Å². The third kappa shape index (κ3) is 3.21. The van der Waals surface area contributed by atoms with Gasteiger partial charge in [-0.05, 0) is 6.07 Å². The molecule has 0 saturated heterocycles. The first-order valence-corrected chi connectivity index (χ1v) is 8.90. The van der Waals surface area contributed by atoms with Crippen LogP contribution in [0.25, 0.3) is 10.9 Å². The summed E-state index contributed by atoms with van der Waals surface area (Å²) >= 11 is 1.30. The van der Waals surface area contributed by atoms with Gasteiger partial charge < -0.3 is 15.1 Å². The number of para-hydroxylation sites is 1. The van der Waals surface area contributed by atoms with Gasteiger partial charge in [-0.25, -0.2) is 9.78 Å². The summed E-state index contributed by atoms with van der Waals surface area (Å²) in [5.74, 6) is 0.107. The molecule has 0 spiro atoms. The van der Waals surface area contributed by atoms with Crippen LogP contribution in [-0.2, 0) is 4.84 Å². The predicted molar refractivity (Wildman–Crippen MR) is 99.9 cm³/mol. The van der Waals surface area contributed by atoms with Gasteiger partial charge >= 0.3 is 6.09 Å². The Kier molecular flexibility index (Phi) is 5.06. The second-order valence-corrected chi connectivity index (χ2v) is 6.93. The molecule has 0 saturated carbocycles. The van der Waals surface area contributed by atoms with E-state index in [1.54, 1.807) is 24.3 Å². The fourth-order valence-corrected chi connectivity index (χ4v) is 3.61. The number of thiazole rings is 1. The second-order valence-electron chi connectivity index (χ2n) is 6.04. The minimum Gasteiger partial charge on any atom is -0.464 e. The maximum atomic E-state index is 11.5. The Balaban J connectivity index is 2.04. The first kappa shape index (κ1) is 18.1. The standard InChI is InChI=1S/C18H19N3O4S/c1-10(2)15(20-25-3)13-9-26-17(19-13)16(22)12-8-21(18(23)24)14-7-5-4-6-11(12)14/h4-10,16,22H,1-3H3,(H,23,24)/b20-15+. The van der Waals surface area contributed by atoms with E-state index in [9.17, 15) is 15.0 Å². The van der Waals surface area contributed by atoms with Crippen LogP contribution in [0.4, 0.5) is 4.79 Å². The second kappa shape index (κ2) is 7.27. The summed E-state index contributed by atoms with van der Waals surface area (Å²) in [6.45, 7) is 3.96. The third-order valence-corrected chi connectivity index (χ3v) is 4.90. The molecule has 2 aromatic heterocycles. The third-order valence-electron chi connectivity index (χ3n) is 4.00. The molecule has 0 aliphatic rings. The van der Waals surface area contributed by atoms with Crippen molar-refractivity contribution in [1.82, 2.24) is 9.55 Å². The van der Waals surface area contributed by atoms with Crippen LogP contribution < -0.4 is 0 Å². The number of fused-ring (bicyclic) bond motifs is 1. The van der Waals surface area contributed by atoms with Crippen LogP contribution in [-0.4, -0.2) is 38.7 Å². The van der Waals surface area contributed by atoms with Crippen molar-refractivity contribution in [3.63, 3.8) is 0 Å². The normalized spacial score (nSPS) is 13.3. The molecule has 0 radical (unpaired) electrons. The van der Waals surface area contributed by atoms with Crippen molar-refractivity contribution < 1.29 is 19.8 Å². The number of nitrogens with zero attached hydrogens (tertiary/aromatic N) is 3. The van der Waals surface area contributed by atoms with Gasteiger partial charge in [0.05, 0.1) is 11.2 Å². The lowest BCUT2D eigenvalue weighted by molar-refractivity contribution is 0.197. The van der Waals surface area contributed by atoms with E-state index in [4.69, 9.17) is 4.84 Å². The molecule has 0 aliphatic carbocycles. The number of hydrogen-bond donors (Lipinski definition) is 2. The van der Waals surface area contributed by atoms with E-state index in [0.717, 1.165) is 4.57 Å². The van der Waals surface area contributed by atoms with Crippen molar-refractivity contribution >= 4 is 34.0 Å². The summed E-state index contributed by atoms with van der Waals surface area (Å²) in [6.07, 6.45) is -0.699. The van der Waals surface area contributed by atoms with Crippen LogP contribution >= 0.6 is 11.3 Å². The Bertz CT molecular complexity index is 974. The SMILES string of the molecule is CO/N=C(/c1csc(C(O)c2cn(C(=O)O)c3ccccc23)n1)C(C)C. The van der Waals surface area contributed by atoms with Crippen LogP contribution in [0.2, 0.25) is 0 Å². The zero-order chi connectivity index (χ0) is 18.8. The average Bonchev–Trinajstić information content (AvgIpc) is 3.24. The first-order chi connectivity index (χ1) is 12.4. The Labute approximate surface area is 154 Å². The zero-order valence-corrected chi connectivity index (χ0v) is 15.4. The number of aromatic nitrogens is 2. The molecule has 0 aliphatic heterocycles. The molecule has 3 rings (SSSR count). The molecule has 0 bridgehead atoms. The van der Waals surface area contributed by atoms with Gasteiger partial charge in [0.15, 0.2) is 0 Å². The summed E-state index contributed by atoms with van der Waals surface area (Å²) in [7, 11) is 1.48. The van der Waals surface area contributed by atoms with Crippen molar-refractivity contribution in [2.75, 3.05) is 7.11 Å². The Morgan fingerprint density at radius 2 is 2.08 bits per heavy atom. The van der Waals surface area contributed by atoms with Gasteiger partial charge in [0.1, 0.15) is 23.9 Å². The largest absolute Gasteiger partial charge is 0.464 e. The smallest absolute Gasteiger partial charge is 0.416 e. The Morgan fingerprint density at radius 1 is 1.35 bits per heavy atom. The van der Waals surface area contributed by atoms with E-state index in [0.29, 0.717) is 32.9 Å². The maximum absolute atomic E-state index is 11.5. The minimum absolute atomic E-state index is 0.107. The molecular weight excluding hydrogens is 354 g/mol. The molecule has 0 amide bonds. The van der Waals surface area contributed by atoms with Gasteiger partial charge in [-0.3, -0.25) is 4.57 Å². The quantitative estimate of drug-likeness (QED) is 0.525. The topological polar surface area (TPSA) is 96.9 Å². The molecule has 2 heterocycles. The monoisotopic (exact) mass is 373 g/mol. The summed E-state index contributed by atoms with van der Waals surface area (Å²) < 4.78 is 1.11. The van der Waals surface area contributed by atoms with Gasteiger partial charge in [0, 0.05) is 28.4 Å². The lowest BCUT2D eigenvalue weighted by atomic mass is 10.1. The van der Waals surface area contributed by atoms with Crippen LogP contribution in [0.1, 0.15) is 36.2 Å². The Hall–Kier alpha value is -2.71. The number of aliphatic hydroxyl groups is 1. The minimum atomic E-state index is -1.10. The van der Waals surface area contributed by atoms with E-state index < -0.39 is 12.2 Å². The van der Waals surface area contributed by atoms with E-state index in [2.05, 4.69) is 10.1 Å². The molecule has 26 heavy (non-hydrogen) atoms. The highest BCUT2D eigenvalue weighted by atomic mass is 32.1. The van der Waals surface area contributed by atoms with E-state index in [1.165, 1.54) is 24.6 Å². The van der Waals surface area contributed by atoms with E-state index in [1.807, 2.05) is 19.2 Å². The molecule has 136 valence electrons. The number of rotatable bonds is 5. The van der Waals surface area contributed by atoms with Crippen LogP contribution in [0.15, 0.2) is 41.0 Å². The lowest BCUT2D eigenvalue weighted by Gasteiger charge is -2.07. The molecule has 3 aromatic rings. The number of oxime groups is 1. The summed E-state index contributed by atoms with van der Waals surface area (Å²) in [6, 6.07) is 7.05. The number of hydrogen-bond acceptors (Lipinski definition) is 6. The molecule has 1 unspecified atom stereocenters. The zero-order valence-electron chi connectivity index (χ0n) is 14.6. The lowest BCUT2D eigenvalue weighted by Crippen LogP contribution is -2.11. The van der Waals surface area contributed by atoms with Gasteiger partial charge in [-0.1, -0.05) is 37.2 Å². The van der Waals surface area contributed by atoms with E-state index in [-0.39, 0.29) is 5.92 Å². The molecule has 7 nitrogen and oxygen atoms in total. The average molecular weight is 373 g/mol. The van der Waals surface area contributed by atoms with Crippen LogP contribution in [0, 0.1) is 5.92 Å². The van der Waals surface area contributed by atoms with Crippen LogP contribution in [0.3, 0.4) is 0 Å². The summed E-state index contributed by atoms with van der Waals surface area (Å²) in [4.78, 5) is 20.8. The molecular formula is C18H19N3O4S. The van der Waals surface area contributed by atoms with Crippen LogP contribution in [0.5, 0.6) is 0 Å². The van der Waals surface area contributed by atoms with Crippen molar-refractivity contribution in [1.29, 1.82) is 0 Å². The summed E-state index contributed by atoms with van der Waals surface area (Å²) in [5.41, 5.74) is 2.35. The number of aliphatic hydroxyl groups excluding tert-OH is 1. The molecule has 8 heteroatoms. The van der Waals surface area contributed by atoms with E-state index >= 15 is 0 Å². The fraction of sp³-hybridized carbons (Fsp3) is 0.278. The molecule has 2 N–H and O–H groups in total. The number of benzene rings is 1. The summed E-state index contributed by atoms with van der Waals surface area (Å²) in [5, 5.41) is 27.2. The number of carbonyl (C=O) groups is 1. The predicted octanol–water partition coefficient (Wildman–Crippen LogP) is 3.71. The maximum Gasteiger partial charge on any atom is 0.416 e. The highest BCUT2D eigenvalue weighted by Crippen LogP contribution is 2.32. The van der Waals surface area contributed by atoms with Gasteiger partial charge in [-0.2, -0.15) is 0 Å². The molecule has 1 aromatic carbocycles. The highest BCUT2D eigenvalue weighted by Gasteiger charge is 2.23. The highest BCUT2D eigenvalue weighted by molar-refractivity contribution is 7.10. The van der Waals surface area contributed by atoms with Crippen molar-refractivity contribution in [3.8, 4) is 0 Å². The van der Waals surface area contributed by atoms with Crippen molar-refractivity contribution in [2.24, 2.45) is 11.1 Å². The first-order valence-electron chi connectivity index (χ1n) is 8.02. The van der Waals surface area contributed by atoms with Gasteiger partial charge in [0.2, 0.25) is 0 Å².